The summed E-state index contributed by atoms with van der Waals surface area (Å²) in [4.78, 5) is 4.54. The molecule has 0 atom stereocenters. The van der Waals surface area contributed by atoms with Crippen LogP contribution in [-0.4, -0.2) is 9.38 Å². The first-order valence-electron chi connectivity index (χ1n) is 6.20. The average molecular weight is 259 g/mol. The molecule has 0 N–H and O–H groups in total. The van der Waals surface area contributed by atoms with Gasteiger partial charge in [-0.3, -0.25) is 4.40 Å². The molecule has 18 heavy (non-hydrogen) atoms. The molecule has 3 rings (SSSR count). The van der Waals surface area contributed by atoms with E-state index in [0.29, 0.717) is 5.92 Å². The van der Waals surface area contributed by atoms with E-state index in [4.69, 9.17) is 11.6 Å². The molecule has 0 spiro atoms. The molecule has 0 aliphatic carbocycles. The molecule has 3 heteroatoms. The number of imidazole rings is 1. The Kier molecular flexibility index (Phi) is 2.75. The van der Waals surface area contributed by atoms with Crippen LogP contribution in [0.1, 0.15) is 19.7 Å². The van der Waals surface area contributed by atoms with E-state index in [2.05, 4.69) is 41.4 Å². The molecular formula is C15H15ClN2. The van der Waals surface area contributed by atoms with Crippen LogP contribution in [0.5, 0.6) is 0 Å². The molecular weight excluding hydrogens is 244 g/mol. The molecule has 0 fully saturated rings. The molecule has 0 aliphatic rings. The molecule has 0 radical (unpaired) electrons. The van der Waals surface area contributed by atoms with Gasteiger partial charge >= 0.3 is 0 Å². The number of benzene rings is 1. The lowest BCUT2D eigenvalue weighted by molar-refractivity contribution is 0.621. The zero-order valence-corrected chi connectivity index (χ0v) is 11.3. The number of hydrogen-bond acceptors (Lipinski definition) is 1. The minimum absolute atomic E-state index is 0.588. The Labute approximate surface area is 111 Å². The molecule has 2 aromatic heterocycles. The van der Waals surface area contributed by atoms with Crippen molar-refractivity contribution in [2.75, 3.05) is 0 Å². The summed E-state index contributed by atoms with van der Waals surface area (Å²) in [5.41, 5.74) is 2.26. The number of halogens is 1. The summed E-state index contributed by atoms with van der Waals surface area (Å²) in [6.07, 6.45) is 2.90. The summed E-state index contributed by atoms with van der Waals surface area (Å²) in [6, 6.07) is 10.2. The maximum absolute atomic E-state index is 6.11. The van der Waals surface area contributed by atoms with Crippen LogP contribution in [0.2, 0.25) is 5.02 Å². The minimum Gasteiger partial charge on any atom is -0.296 e. The number of pyridine rings is 1. The zero-order chi connectivity index (χ0) is 12.7. The maximum atomic E-state index is 6.11. The van der Waals surface area contributed by atoms with E-state index in [-0.39, 0.29) is 0 Å². The van der Waals surface area contributed by atoms with Gasteiger partial charge in [0.15, 0.2) is 0 Å². The number of hydrogen-bond donors (Lipinski definition) is 0. The number of aromatic nitrogens is 2. The van der Waals surface area contributed by atoms with Crippen molar-refractivity contribution in [1.29, 1.82) is 0 Å². The van der Waals surface area contributed by atoms with Crippen molar-refractivity contribution in [1.82, 2.24) is 9.38 Å². The molecule has 1 aromatic carbocycles. The lowest BCUT2D eigenvalue weighted by atomic mass is 10.1. The molecule has 0 saturated carbocycles. The first-order valence-corrected chi connectivity index (χ1v) is 6.57. The fraction of sp³-hybridized carbons (Fsp3) is 0.267. The van der Waals surface area contributed by atoms with Gasteiger partial charge in [0.25, 0.3) is 0 Å². The second-order valence-electron chi connectivity index (χ2n) is 5.07. The summed E-state index contributed by atoms with van der Waals surface area (Å²) in [5, 5.41) is 1.95. The fourth-order valence-electron chi connectivity index (χ4n) is 2.34. The monoisotopic (exact) mass is 258 g/mol. The van der Waals surface area contributed by atoms with Crippen LogP contribution < -0.4 is 0 Å². The highest BCUT2D eigenvalue weighted by molar-refractivity contribution is 6.31. The van der Waals surface area contributed by atoms with Crippen LogP contribution in [-0.2, 0) is 6.42 Å². The lowest BCUT2D eigenvalue weighted by Gasteiger charge is -2.08. The summed E-state index contributed by atoms with van der Waals surface area (Å²) in [6.45, 7) is 4.42. The number of fused-ring (bicyclic) bond motifs is 3. The van der Waals surface area contributed by atoms with Gasteiger partial charge in [0, 0.05) is 11.4 Å². The summed E-state index contributed by atoms with van der Waals surface area (Å²) < 4.78 is 2.21. The molecule has 0 saturated heterocycles. The van der Waals surface area contributed by atoms with Gasteiger partial charge in [-0.2, -0.15) is 0 Å². The van der Waals surface area contributed by atoms with Crippen molar-refractivity contribution in [3.05, 3.63) is 47.4 Å². The van der Waals surface area contributed by atoms with Crippen LogP contribution in [0.25, 0.3) is 16.4 Å². The molecule has 0 aliphatic heterocycles. The van der Waals surface area contributed by atoms with Gasteiger partial charge in [-0.05, 0) is 29.5 Å². The second-order valence-corrected chi connectivity index (χ2v) is 5.51. The molecule has 0 bridgehead atoms. The second kappa shape index (κ2) is 4.29. The van der Waals surface area contributed by atoms with E-state index >= 15 is 0 Å². The van der Waals surface area contributed by atoms with Crippen LogP contribution in [0.15, 0.2) is 36.5 Å². The highest BCUT2D eigenvalue weighted by Gasteiger charge is 2.09. The third kappa shape index (κ3) is 1.87. The first kappa shape index (κ1) is 11.5. The van der Waals surface area contributed by atoms with Gasteiger partial charge in [0.1, 0.15) is 5.82 Å². The van der Waals surface area contributed by atoms with Crippen molar-refractivity contribution < 1.29 is 0 Å². The van der Waals surface area contributed by atoms with Gasteiger partial charge < -0.3 is 0 Å². The van der Waals surface area contributed by atoms with Gasteiger partial charge in [-0.15, -0.1) is 0 Å². The molecule has 0 amide bonds. The highest BCUT2D eigenvalue weighted by atomic mass is 35.5. The molecule has 0 unspecified atom stereocenters. The smallest absolute Gasteiger partial charge is 0.113 e. The van der Waals surface area contributed by atoms with Crippen molar-refractivity contribution in [3.8, 4) is 0 Å². The van der Waals surface area contributed by atoms with E-state index < -0.39 is 0 Å². The lowest BCUT2D eigenvalue weighted by Crippen LogP contribution is -2.01. The van der Waals surface area contributed by atoms with Gasteiger partial charge in [0.2, 0.25) is 0 Å². The Morgan fingerprint density at radius 3 is 2.78 bits per heavy atom. The van der Waals surface area contributed by atoms with Crippen molar-refractivity contribution in [2.24, 2.45) is 5.92 Å². The Morgan fingerprint density at radius 1 is 1.22 bits per heavy atom. The van der Waals surface area contributed by atoms with Crippen LogP contribution in [0, 0.1) is 5.92 Å². The number of rotatable bonds is 2. The minimum atomic E-state index is 0.588. The Morgan fingerprint density at radius 2 is 2.00 bits per heavy atom. The Bertz CT molecular complexity index is 713. The predicted octanol–water partition coefficient (Wildman–Crippen LogP) is 4.34. The van der Waals surface area contributed by atoms with Crippen LogP contribution in [0.4, 0.5) is 0 Å². The topological polar surface area (TPSA) is 17.3 Å². The molecule has 2 nitrogen and oxygen atoms in total. The highest BCUT2D eigenvalue weighted by Crippen LogP contribution is 2.23. The van der Waals surface area contributed by atoms with Crippen molar-refractivity contribution in [2.45, 2.75) is 20.3 Å². The van der Waals surface area contributed by atoms with Crippen LogP contribution >= 0.6 is 11.6 Å². The molecule has 2 heterocycles. The van der Waals surface area contributed by atoms with E-state index in [9.17, 15) is 0 Å². The zero-order valence-electron chi connectivity index (χ0n) is 10.5. The van der Waals surface area contributed by atoms with Gasteiger partial charge in [-0.25, -0.2) is 4.98 Å². The fourth-order valence-corrected chi connectivity index (χ4v) is 2.50. The van der Waals surface area contributed by atoms with Crippen LogP contribution in [0.3, 0.4) is 0 Å². The SMILES string of the molecule is CC(C)Cc1ncc2ccc3ccc(Cl)cc3n12. The van der Waals surface area contributed by atoms with E-state index in [0.717, 1.165) is 28.3 Å². The third-order valence-electron chi connectivity index (χ3n) is 3.12. The van der Waals surface area contributed by atoms with E-state index in [1.165, 1.54) is 5.39 Å². The summed E-state index contributed by atoms with van der Waals surface area (Å²) in [5.74, 6) is 1.69. The van der Waals surface area contributed by atoms with Gasteiger partial charge in [0.05, 0.1) is 17.2 Å². The molecule has 3 aromatic rings. The summed E-state index contributed by atoms with van der Waals surface area (Å²) in [7, 11) is 0. The molecule has 92 valence electrons. The first-order chi connectivity index (χ1) is 8.65. The number of nitrogens with zero attached hydrogens (tertiary/aromatic N) is 2. The maximum Gasteiger partial charge on any atom is 0.113 e. The van der Waals surface area contributed by atoms with E-state index in [1.807, 2.05) is 18.3 Å². The van der Waals surface area contributed by atoms with Crippen molar-refractivity contribution >= 4 is 28.0 Å². The Hall–Kier alpha value is -1.54. The normalized spacial score (nSPS) is 11.8. The quantitative estimate of drug-likeness (QED) is 0.668. The Balaban J connectivity index is 2.35. The van der Waals surface area contributed by atoms with Crippen molar-refractivity contribution in [3.63, 3.8) is 0 Å². The largest absolute Gasteiger partial charge is 0.296 e. The van der Waals surface area contributed by atoms with E-state index in [1.54, 1.807) is 0 Å². The van der Waals surface area contributed by atoms with Gasteiger partial charge in [-0.1, -0.05) is 37.6 Å². The third-order valence-corrected chi connectivity index (χ3v) is 3.36. The standard InChI is InChI=1S/C15H15ClN2/c1-10(2)7-15-17-9-13-6-4-11-3-5-12(16)8-14(11)18(13)15/h3-6,8-10H,7H2,1-2H3. The average Bonchev–Trinajstić information content (AvgIpc) is 2.72. The summed E-state index contributed by atoms with van der Waals surface area (Å²) >= 11 is 6.11. The predicted molar refractivity (Wildman–Crippen MR) is 76.3 cm³/mol.